The van der Waals surface area contributed by atoms with E-state index in [4.69, 9.17) is 12.2 Å². The van der Waals surface area contributed by atoms with Gasteiger partial charge < -0.3 is 5.32 Å². The van der Waals surface area contributed by atoms with Crippen molar-refractivity contribution >= 4 is 29.1 Å². The van der Waals surface area contributed by atoms with E-state index in [2.05, 4.69) is 11.9 Å². The second-order valence-corrected chi connectivity index (χ2v) is 4.69. The van der Waals surface area contributed by atoms with Gasteiger partial charge in [0, 0.05) is 7.05 Å². The van der Waals surface area contributed by atoms with Gasteiger partial charge in [0.25, 0.3) is 0 Å². The summed E-state index contributed by atoms with van der Waals surface area (Å²) in [4.78, 5) is 25.7. The molecule has 0 bridgehead atoms. The van der Waals surface area contributed by atoms with Crippen LogP contribution in [-0.2, 0) is 9.59 Å². The van der Waals surface area contributed by atoms with E-state index in [1.54, 1.807) is 13.1 Å². The summed E-state index contributed by atoms with van der Waals surface area (Å²) >= 11 is 4.93. The largest absolute Gasteiger partial charge is 0.302 e. The lowest BCUT2D eigenvalue weighted by molar-refractivity contribution is -0.149. The topological polar surface area (TPSA) is 49.4 Å². The van der Waals surface area contributed by atoms with Gasteiger partial charge in [0.1, 0.15) is 5.41 Å². The molecule has 1 aliphatic heterocycles. The van der Waals surface area contributed by atoms with Gasteiger partial charge in [-0.15, -0.1) is 6.58 Å². The maximum absolute atomic E-state index is 12.3. The number of thiocarbonyl (C=S) groups is 1. The number of hydrogen-bond acceptors (Lipinski definition) is 3. The molecule has 0 spiro atoms. The van der Waals surface area contributed by atoms with Crippen LogP contribution in [0.4, 0.5) is 0 Å². The zero-order valence-corrected chi connectivity index (χ0v) is 11.1. The molecule has 2 amide bonds. The number of unbranched alkanes of at least 4 members (excludes halogenated alkanes) is 1. The van der Waals surface area contributed by atoms with E-state index in [1.165, 1.54) is 4.90 Å². The minimum absolute atomic E-state index is 0.177. The van der Waals surface area contributed by atoms with Gasteiger partial charge in [0.15, 0.2) is 5.11 Å². The van der Waals surface area contributed by atoms with Crippen LogP contribution >= 0.6 is 12.2 Å². The van der Waals surface area contributed by atoms with Crippen molar-refractivity contribution in [3.8, 4) is 0 Å². The lowest BCUT2D eigenvalue weighted by Crippen LogP contribution is -2.62. The second-order valence-electron chi connectivity index (χ2n) is 4.30. The average Bonchev–Trinajstić information content (AvgIpc) is 2.30. The third kappa shape index (κ3) is 2.39. The number of nitrogens with one attached hydrogen (secondary N) is 1. The molecule has 1 N–H and O–H groups in total. The standard InChI is InChI=1S/C12H18N2O2S/c1-4-6-8-12(7-5-2)9(15)13-11(17)14(3)10(12)16/h5H,2,4,6-8H2,1,3H3,(H,13,15,17). The number of carbonyl (C=O) groups excluding carboxylic acids is 2. The van der Waals surface area contributed by atoms with E-state index in [1.807, 2.05) is 6.92 Å². The van der Waals surface area contributed by atoms with Gasteiger partial charge in [-0.1, -0.05) is 25.8 Å². The molecule has 4 nitrogen and oxygen atoms in total. The van der Waals surface area contributed by atoms with Crippen molar-refractivity contribution in [2.24, 2.45) is 5.41 Å². The van der Waals surface area contributed by atoms with Crippen LogP contribution in [0.3, 0.4) is 0 Å². The fourth-order valence-electron chi connectivity index (χ4n) is 2.04. The monoisotopic (exact) mass is 254 g/mol. The summed E-state index contributed by atoms with van der Waals surface area (Å²) in [5.41, 5.74) is -1.02. The Morgan fingerprint density at radius 3 is 2.71 bits per heavy atom. The quantitative estimate of drug-likeness (QED) is 0.461. The molecule has 5 heteroatoms. The van der Waals surface area contributed by atoms with Crippen molar-refractivity contribution in [1.82, 2.24) is 10.2 Å². The minimum Gasteiger partial charge on any atom is -0.302 e. The smallest absolute Gasteiger partial charge is 0.244 e. The highest BCUT2D eigenvalue weighted by atomic mass is 32.1. The molecule has 0 aromatic carbocycles. The summed E-state index contributed by atoms with van der Waals surface area (Å²) < 4.78 is 0. The summed E-state index contributed by atoms with van der Waals surface area (Å²) in [6, 6.07) is 0. The number of hydrogen-bond donors (Lipinski definition) is 1. The van der Waals surface area contributed by atoms with Crippen LogP contribution in [0.2, 0.25) is 0 Å². The molecule has 0 aliphatic carbocycles. The fraction of sp³-hybridized carbons (Fsp3) is 0.583. The van der Waals surface area contributed by atoms with Gasteiger partial charge in [-0.3, -0.25) is 14.5 Å². The molecule has 0 saturated carbocycles. The van der Waals surface area contributed by atoms with Crippen LogP contribution in [0.1, 0.15) is 32.6 Å². The summed E-state index contributed by atoms with van der Waals surface area (Å²) in [6.07, 6.45) is 4.27. The Balaban J connectivity index is 3.07. The van der Waals surface area contributed by atoms with Gasteiger partial charge in [0.05, 0.1) is 0 Å². The van der Waals surface area contributed by atoms with Gasteiger partial charge in [0.2, 0.25) is 11.8 Å². The van der Waals surface area contributed by atoms with E-state index >= 15 is 0 Å². The van der Waals surface area contributed by atoms with Gasteiger partial charge in [-0.05, 0) is 25.1 Å². The molecule has 0 radical (unpaired) electrons. The van der Waals surface area contributed by atoms with E-state index in [0.29, 0.717) is 12.8 Å². The Labute approximate surface area is 107 Å². The molecule has 1 fully saturated rings. The molecular weight excluding hydrogens is 236 g/mol. The molecule has 1 heterocycles. The van der Waals surface area contributed by atoms with Crippen molar-refractivity contribution in [3.63, 3.8) is 0 Å². The third-order valence-corrected chi connectivity index (χ3v) is 3.50. The highest BCUT2D eigenvalue weighted by Gasteiger charge is 2.50. The van der Waals surface area contributed by atoms with Crippen molar-refractivity contribution < 1.29 is 9.59 Å². The molecule has 1 aliphatic rings. The van der Waals surface area contributed by atoms with Gasteiger partial charge in [-0.2, -0.15) is 0 Å². The van der Waals surface area contributed by atoms with Crippen molar-refractivity contribution in [1.29, 1.82) is 0 Å². The van der Waals surface area contributed by atoms with Crippen molar-refractivity contribution in [2.45, 2.75) is 32.6 Å². The predicted molar refractivity (Wildman–Crippen MR) is 70.3 cm³/mol. The molecule has 0 aromatic rings. The first kappa shape index (κ1) is 13.8. The molecule has 1 unspecified atom stereocenters. The summed E-state index contributed by atoms with van der Waals surface area (Å²) in [5, 5.41) is 2.77. The number of allylic oxidation sites excluding steroid dienone is 1. The molecule has 17 heavy (non-hydrogen) atoms. The Morgan fingerprint density at radius 2 is 2.18 bits per heavy atom. The molecule has 1 rings (SSSR count). The molecule has 0 aromatic heterocycles. The lowest BCUT2D eigenvalue weighted by atomic mass is 9.76. The van der Waals surface area contributed by atoms with Crippen LogP contribution < -0.4 is 5.32 Å². The highest BCUT2D eigenvalue weighted by molar-refractivity contribution is 7.80. The first-order valence-corrected chi connectivity index (χ1v) is 6.15. The van der Waals surface area contributed by atoms with Crippen molar-refractivity contribution in [3.05, 3.63) is 12.7 Å². The van der Waals surface area contributed by atoms with E-state index in [9.17, 15) is 9.59 Å². The maximum Gasteiger partial charge on any atom is 0.244 e. The van der Waals surface area contributed by atoms with Crippen LogP contribution in [-0.4, -0.2) is 28.9 Å². The van der Waals surface area contributed by atoms with Gasteiger partial charge in [-0.25, -0.2) is 0 Å². The molecule has 1 saturated heterocycles. The lowest BCUT2D eigenvalue weighted by Gasteiger charge is -2.38. The maximum atomic E-state index is 12.3. The van der Waals surface area contributed by atoms with Crippen molar-refractivity contribution in [2.75, 3.05) is 7.05 Å². The number of nitrogens with zero attached hydrogens (tertiary/aromatic N) is 1. The SMILES string of the molecule is C=CCC1(CCCC)C(=O)NC(=S)N(C)C1=O. The Bertz CT molecular complexity index is 368. The number of amides is 2. The van der Waals surface area contributed by atoms with E-state index < -0.39 is 5.41 Å². The normalized spacial score (nSPS) is 24.8. The first-order valence-electron chi connectivity index (χ1n) is 5.74. The minimum atomic E-state index is -1.02. The summed E-state index contributed by atoms with van der Waals surface area (Å²) in [6.45, 7) is 5.67. The highest BCUT2D eigenvalue weighted by Crippen LogP contribution is 2.34. The van der Waals surface area contributed by atoms with Crippen LogP contribution in [0.15, 0.2) is 12.7 Å². The second kappa shape index (κ2) is 5.40. The fourth-order valence-corrected chi connectivity index (χ4v) is 2.21. The summed E-state index contributed by atoms with van der Waals surface area (Å²) in [7, 11) is 1.59. The first-order chi connectivity index (χ1) is 7.99. The predicted octanol–water partition coefficient (Wildman–Crippen LogP) is 1.61. The average molecular weight is 254 g/mol. The number of carbonyl (C=O) groups is 2. The Morgan fingerprint density at radius 1 is 1.53 bits per heavy atom. The zero-order valence-electron chi connectivity index (χ0n) is 10.3. The molecular formula is C12H18N2O2S. The van der Waals surface area contributed by atoms with Crippen LogP contribution in [0.5, 0.6) is 0 Å². The van der Waals surface area contributed by atoms with Gasteiger partial charge >= 0.3 is 0 Å². The Kier molecular flexibility index (Phi) is 4.40. The van der Waals surface area contributed by atoms with Crippen LogP contribution in [0, 0.1) is 5.41 Å². The van der Waals surface area contributed by atoms with E-state index in [-0.39, 0.29) is 16.9 Å². The molecule has 94 valence electrons. The third-order valence-electron chi connectivity index (χ3n) is 3.12. The Hall–Kier alpha value is -1.23. The number of rotatable bonds is 5. The van der Waals surface area contributed by atoms with E-state index in [0.717, 1.165) is 12.8 Å². The zero-order chi connectivity index (χ0) is 13.1. The van der Waals surface area contributed by atoms with Crippen LogP contribution in [0.25, 0.3) is 0 Å². The summed E-state index contributed by atoms with van der Waals surface area (Å²) in [5.74, 6) is -0.515. The molecule has 1 atom stereocenters.